The molecule has 2 amide bonds. The average molecular weight is 568 g/mol. The summed E-state index contributed by atoms with van der Waals surface area (Å²) < 4.78 is 53.5. The van der Waals surface area contributed by atoms with Crippen LogP contribution in [-0.4, -0.2) is 65.4 Å². The van der Waals surface area contributed by atoms with Gasteiger partial charge in [0, 0.05) is 37.7 Å². The van der Waals surface area contributed by atoms with Gasteiger partial charge in [0.05, 0.1) is 18.1 Å². The number of aryl methyl sites for hydroxylation is 1. The molecule has 0 aromatic heterocycles. The van der Waals surface area contributed by atoms with E-state index in [1.807, 2.05) is 24.4 Å². The summed E-state index contributed by atoms with van der Waals surface area (Å²) in [6.07, 6.45) is -4.64. The van der Waals surface area contributed by atoms with Crippen molar-refractivity contribution in [2.45, 2.75) is 63.3 Å². The first kappa shape index (κ1) is 31.5. The smallest absolute Gasteiger partial charge is 0.391 e. The Morgan fingerprint density at radius 1 is 1.20 bits per heavy atom. The van der Waals surface area contributed by atoms with Crippen LogP contribution in [0.5, 0.6) is 0 Å². The molecule has 1 saturated heterocycles. The number of piperidine rings is 1. The number of nitrogens with two attached hydrogens (primary N) is 1. The van der Waals surface area contributed by atoms with Gasteiger partial charge < -0.3 is 26.2 Å². The van der Waals surface area contributed by atoms with E-state index in [-0.39, 0.29) is 55.9 Å². The number of rotatable bonds is 11. The van der Waals surface area contributed by atoms with E-state index in [0.29, 0.717) is 31.4 Å². The molecule has 1 heterocycles. The summed E-state index contributed by atoms with van der Waals surface area (Å²) in [6.45, 7) is 2.03. The molecule has 1 fully saturated rings. The van der Waals surface area contributed by atoms with Crippen molar-refractivity contribution < 1.29 is 37.4 Å². The van der Waals surface area contributed by atoms with Crippen LogP contribution in [0.4, 0.5) is 17.6 Å². The van der Waals surface area contributed by atoms with Gasteiger partial charge in [0.1, 0.15) is 5.82 Å². The third-order valence-electron chi connectivity index (χ3n) is 7.51. The second kappa shape index (κ2) is 13.6. The van der Waals surface area contributed by atoms with E-state index in [1.54, 1.807) is 18.2 Å². The van der Waals surface area contributed by atoms with Crippen LogP contribution in [-0.2, 0) is 21.6 Å². The molecule has 0 aliphatic carbocycles. The van der Waals surface area contributed by atoms with E-state index in [0.717, 1.165) is 5.56 Å². The maximum absolute atomic E-state index is 15.5. The van der Waals surface area contributed by atoms with Crippen LogP contribution in [0.3, 0.4) is 0 Å². The van der Waals surface area contributed by atoms with Crippen molar-refractivity contribution in [1.82, 2.24) is 10.2 Å². The Bertz CT molecular complexity index is 1180. The maximum atomic E-state index is 15.5. The number of halogens is 4. The number of nitrogens with zero attached hydrogens (tertiary/aromatic N) is 1. The number of carbonyl (C=O) groups is 2. The summed E-state index contributed by atoms with van der Waals surface area (Å²) in [4.78, 5) is 25.7. The lowest BCUT2D eigenvalue weighted by atomic mass is 9.72. The van der Waals surface area contributed by atoms with E-state index in [2.05, 4.69) is 0 Å². The molecular weight excluding hydrogens is 530 g/mol. The summed E-state index contributed by atoms with van der Waals surface area (Å²) in [5.41, 5.74) is 5.66. The van der Waals surface area contributed by atoms with Gasteiger partial charge in [0.25, 0.3) is 0 Å². The van der Waals surface area contributed by atoms with E-state index in [1.165, 1.54) is 17.0 Å². The summed E-state index contributed by atoms with van der Waals surface area (Å²) in [6, 6.07) is 11.6. The van der Waals surface area contributed by atoms with Gasteiger partial charge >= 0.3 is 12.1 Å². The molecule has 3 atom stereocenters. The molecule has 11 heteroatoms. The highest BCUT2D eigenvalue weighted by molar-refractivity contribution is 5.81. The van der Waals surface area contributed by atoms with Crippen molar-refractivity contribution in [3.05, 3.63) is 59.4 Å². The Kier molecular flexibility index (Phi) is 10.7. The molecule has 40 heavy (non-hydrogen) atoms. The number of amides is 2. The van der Waals surface area contributed by atoms with Gasteiger partial charge in [-0.05, 0) is 54.9 Å². The minimum absolute atomic E-state index is 0.0282. The summed E-state index contributed by atoms with van der Waals surface area (Å²) >= 11 is 0. The van der Waals surface area contributed by atoms with E-state index in [4.69, 9.17) is 5.73 Å². The minimum atomic E-state index is -5.03. The molecule has 5 N–H and O–H groups in total. The van der Waals surface area contributed by atoms with Gasteiger partial charge in [-0.15, -0.1) is 0 Å². The van der Waals surface area contributed by atoms with Gasteiger partial charge in [-0.25, -0.2) is 4.39 Å². The predicted molar refractivity (Wildman–Crippen MR) is 142 cm³/mol. The zero-order chi connectivity index (χ0) is 29.5. The van der Waals surface area contributed by atoms with Crippen molar-refractivity contribution in [2.75, 3.05) is 26.2 Å². The molecule has 0 unspecified atom stereocenters. The fourth-order valence-electron chi connectivity index (χ4n) is 5.35. The van der Waals surface area contributed by atoms with Crippen molar-refractivity contribution in [3.63, 3.8) is 0 Å². The zero-order valence-electron chi connectivity index (χ0n) is 22.5. The molecule has 2 aromatic carbocycles. The molecule has 2 aromatic rings. The molecule has 220 valence electrons. The standard InChI is InChI=1S/C29H37F4N3O4/c1-2-19-7-3-8-20(15-19)26-23(10-4-11-24(26)30)28(40,12-6-13-35-27(39)29(31,32)33)21-9-5-14-36(18-21)25(38)16-22(37)17-34/h3-4,7-8,10-11,15,21-22,37,40H,2,5-6,9,12-14,16-18,34H2,1H3,(H,35,39)/t21-,22+,28+/m1/s1. The number of aliphatic hydroxyl groups is 2. The molecule has 0 spiro atoms. The van der Waals surface area contributed by atoms with Gasteiger partial charge in [-0.1, -0.05) is 43.3 Å². The van der Waals surface area contributed by atoms with Crippen molar-refractivity contribution >= 4 is 11.8 Å². The summed E-state index contributed by atoms with van der Waals surface area (Å²) in [7, 11) is 0. The Balaban J connectivity index is 1.99. The Labute approximate surface area is 231 Å². The molecule has 0 saturated carbocycles. The van der Waals surface area contributed by atoms with Gasteiger partial charge in [-0.2, -0.15) is 13.2 Å². The van der Waals surface area contributed by atoms with E-state index < -0.39 is 35.5 Å². The first-order chi connectivity index (χ1) is 18.9. The Hall–Kier alpha value is -3.02. The normalized spacial score (nSPS) is 18.2. The third-order valence-corrected chi connectivity index (χ3v) is 7.51. The van der Waals surface area contributed by atoms with Gasteiger partial charge in [0.15, 0.2) is 0 Å². The zero-order valence-corrected chi connectivity index (χ0v) is 22.5. The number of aliphatic hydroxyl groups excluding tert-OH is 1. The van der Waals surface area contributed by atoms with Crippen LogP contribution in [0, 0.1) is 11.7 Å². The number of nitrogens with one attached hydrogen (secondary N) is 1. The fraction of sp³-hybridized carbons (Fsp3) is 0.517. The molecule has 3 rings (SSSR count). The molecule has 1 aliphatic rings. The number of benzene rings is 2. The maximum Gasteiger partial charge on any atom is 0.471 e. The first-order valence-electron chi connectivity index (χ1n) is 13.5. The van der Waals surface area contributed by atoms with Crippen molar-refractivity contribution in [2.24, 2.45) is 11.7 Å². The highest BCUT2D eigenvalue weighted by Crippen LogP contribution is 2.44. The average Bonchev–Trinajstić information content (AvgIpc) is 2.94. The number of alkyl halides is 3. The highest BCUT2D eigenvalue weighted by Gasteiger charge is 2.43. The third kappa shape index (κ3) is 7.58. The van der Waals surface area contributed by atoms with Crippen molar-refractivity contribution in [1.29, 1.82) is 0 Å². The molecule has 7 nitrogen and oxygen atoms in total. The fourth-order valence-corrected chi connectivity index (χ4v) is 5.35. The topological polar surface area (TPSA) is 116 Å². The number of hydrogen-bond donors (Lipinski definition) is 4. The number of hydrogen-bond acceptors (Lipinski definition) is 5. The minimum Gasteiger partial charge on any atom is -0.391 e. The lowest BCUT2D eigenvalue weighted by molar-refractivity contribution is -0.173. The molecular formula is C29H37F4N3O4. The van der Waals surface area contributed by atoms with Crippen molar-refractivity contribution in [3.8, 4) is 11.1 Å². The van der Waals surface area contributed by atoms with Crippen LogP contribution >= 0.6 is 0 Å². The van der Waals surface area contributed by atoms with Crippen LogP contribution in [0.2, 0.25) is 0 Å². The van der Waals surface area contributed by atoms with Crippen LogP contribution in [0.1, 0.15) is 50.2 Å². The Morgan fingerprint density at radius 2 is 1.93 bits per heavy atom. The SMILES string of the molecule is CCc1cccc(-c2c(F)cccc2[C@](O)(CCCNC(=O)C(F)(F)F)[C@@H]2CCCN(C(=O)C[C@H](O)CN)C2)c1. The molecule has 0 radical (unpaired) electrons. The van der Waals surface area contributed by atoms with Crippen LogP contribution in [0.15, 0.2) is 42.5 Å². The largest absolute Gasteiger partial charge is 0.471 e. The summed E-state index contributed by atoms with van der Waals surface area (Å²) in [5.74, 6) is -3.57. The van der Waals surface area contributed by atoms with Gasteiger partial charge in [-0.3, -0.25) is 9.59 Å². The van der Waals surface area contributed by atoms with Crippen LogP contribution < -0.4 is 11.1 Å². The monoisotopic (exact) mass is 567 g/mol. The quantitative estimate of drug-likeness (QED) is 0.245. The second-order valence-electron chi connectivity index (χ2n) is 10.3. The molecule has 1 aliphatic heterocycles. The summed E-state index contributed by atoms with van der Waals surface area (Å²) in [5, 5.41) is 24.0. The van der Waals surface area contributed by atoms with Gasteiger partial charge in [0.2, 0.25) is 5.91 Å². The Morgan fingerprint density at radius 3 is 2.60 bits per heavy atom. The number of carbonyl (C=O) groups excluding carboxylic acids is 2. The molecule has 0 bridgehead atoms. The highest BCUT2D eigenvalue weighted by atomic mass is 19.4. The lowest BCUT2D eigenvalue weighted by Crippen LogP contribution is -2.49. The van der Waals surface area contributed by atoms with E-state index in [9.17, 15) is 33.0 Å². The van der Waals surface area contributed by atoms with Crippen LogP contribution in [0.25, 0.3) is 11.1 Å². The lowest BCUT2D eigenvalue weighted by Gasteiger charge is -2.44. The predicted octanol–water partition coefficient (Wildman–Crippen LogP) is 3.65. The number of likely N-dealkylation sites (tertiary alicyclic amines) is 1. The second-order valence-corrected chi connectivity index (χ2v) is 10.3. The van der Waals surface area contributed by atoms with E-state index >= 15 is 4.39 Å². The first-order valence-corrected chi connectivity index (χ1v) is 13.5.